The van der Waals surface area contributed by atoms with E-state index in [1.165, 1.54) is 6.07 Å². The second kappa shape index (κ2) is 6.44. The van der Waals surface area contributed by atoms with Gasteiger partial charge in [0, 0.05) is 0 Å². The summed E-state index contributed by atoms with van der Waals surface area (Å²) in [7, 11) is 0. The molecule has 0 aliphatic rings. The molecule has 94 valence electrons. The number of pyridine rings is 1. The van der Waals surface area contributed by atoms with Gasteiger partial charge in [-0.15, -0.1) is 0 Å². The molecule has 0 saturated heterocycles. The van der Waals surface area contributed by atoms with E-state index in [1.54, 1.807) is 6.92 Å². The Morgan fingerprint density at radius 2 is 2.29 bits per heavy atom. The van der Waals surface area contributed by atoms with Gasteiger partial charge in [-0.1, -0.05) is 11.6 Å². The number of nitrogens with zero attached hydrogens (tertiary/aromatic N) is 1. The van der Waals surface area contributed by atoms with Crippen molar-refractivity contribution in [2.75, 3.05) is 6.61 Å². The molecule has 0 atom stereocenters. The summed E-state index contributed by atoms with van der Waals surface area (Å²) in [4.78, 5) is 15.2. The summed E-state index contributed by atoms with van der Waals surface area (Å²) in [6, 6.07) is 1.33. The van der Waals surface area contributed by atoms with Crippen molar-refractivity contribution < 1.29 is 18.3 Å². The van der Waals surface area contributed by atoms with E-state index in [2.05, 4.69) is 4.98 Å². The van der Waals surface area contributed by atoms with Crippen LogP contribution >= 0.6 is 34.2 Å². The third kappa shape index (κ3) is 4.02. The van der Waals surface area contributed by atoms with E-state index in [4.69, 9.17) is 16.3 Å². The van der Waals surface area contributed by atoms with Crippen LogP contribution in [0.2, 0.25) is 5.02 Å². The topological polar surface area (TPSA) is 39.2 Å². The Morgan fingerprint density at radius 3 is 2.82 bits per heavy atom. The van der Waals surface area contributed by atoms with E-state index in [0.717, 1.165) is 0 Å². The third-order valence-corrected chi connectivity index (χ3v) is 2.76. The quantitative estimate of drug-likeness (QED) is 0.460. The summed E-state index contributed by atoms with van der Waals surface area (Å²) < 4.78 is 30.7. The number of aromatic nitrogens is 1. The molecule has 0 spiro atoms. The molecule has 0 amide bonds. The Morgan fingerprint density at radius 1 is 1.65 bits per heavy atom. The van der Waals surface area contributed by atoms with E-state index >= 15 is 0 Å². The highest BCUT2D eigenvalue weighted by molar-refractivity contribution is 14.1. The fourth-order valence-electron chi connectivity index (χ4n) is 1.26. The summed E-state index contributed by atoms with van der Waals surface area (Å²) in [6.07, 6.45) is -3.07. The van der Waals surface area contributed by atoms with Gasteiger partial charge in [0.2, 0.25) is 0 Å². The molecule has 0 N–H and O–H groups in total. The largest absolute Gasteiger partial charge is 0.466 e. The van der Waals surface area contributed by atoms with Gasteiger partial charge in [0.1, 0.15) is 3.70 Å². The van der Waals surface area contributed by atoms with Crippen LogP contribution in [0.3, 0.4) is 0 Å². The molecule has 0 aliphatic carbocycles. The first-order chi connectivity index (χ1) is 7.95. The molecule has 1 heterocycles. The smallest absolute Gasteiger partial charge is 0.311 e. The van der Waals surface area contributed by atoms with Gasteiger partial charge in [0.15, 0.2) is 0 Å². The van der Waals surface area contributed by atoms with E-state index in [1.807, 2.05) is 22.6 Å². The van der Waals surface area contributed by atoms with Crippen molar-refractivity contribution >= 4 is 40.2 Å². The Kier molecular flexibility index (Phi) is 5.51. The molecule has 7 heteroatoms. The molecular weight excluding hydrogens is 366 g/mol. The van der Waals surface area contributed by atoms with Crippen LogP contribution < -0.4 is 0 Å². The molecule has 0 aromatic carbocycles. The molecule has 0 unspecified atom stereocenters. The maximum Gasteiger partial charge on any atom is 0.311 e. The van der Waals surface area contributed by atoms with Gasteiger partial charge >= 0.3 is 5.97 Å². The predicted octanol–water partition coefficient (Wildman–Crippen LogP) is 3.38. The van der Waals surface area contributed by atoms with Crippen LogP contribution in [-0.4, -0.2) is 17.6 Å². The molecule has 17 heavy (non-hydrogen) atoms. The molecule has 0 aliphatic heterocycles. The summed E-state index contributed by atoms with van der Waals surface area (Å²) >= 11 is 7.56. The number of carbonyl (C=O) groups is 1. The van der Waals surface area contributed by atoms with Gasteiger partial charge in [0.05, 0.1) is 29.3 Å². The summed E-state index contributed by atoms with van der Waals surface area (Å²) in [6.45, 7) is 1.83. The van der Waals surface area contributed by atoms with Crippen LogP contribution in [0.15, 0.2) is 6.07 Å². The lowest BCUT2D eigenvalue weighted by atomic mass is 10.1. The van der Waals surface area contributed by atoms with Crippen LogP contribution in [-0.2, 0) is 16.0 Å². The van der Waals surface area contributed by atoms with Crippen molar-refractivity contribution in [2.45, 2.75) is 19.8 Å². The number of alkyl halides is 2. The second-order valence-corrected chi connectivity index (χ2v) is 4.58. The molecule has 0 bridgehead atoms. The van der Waals surface area contributed by atoms with Crippen molar-refractivity contribution in [2.24, 2.45) is 0 Å². The third-order valence-electron chi connectivity index (χ3n) is 1.89. The van der Waals surface area contributed by atoms with Gasteiger partial charge in [-0.05, 0) is 35.6 Å². The van der Waals surface area contributed by atoms with Crippen molar-refractivity contribution in [1.82, 2.24) is 4.98 Å². The van der Waals surface area contributed by atoms with E-state index in [0.29, 0.717) is 3.70 Å². The highest BCUT2D eigenvalue weighted by Crippen LogP contribution is 2.30. The Balaban J connectivity index is 3.08. The minimum Gasteiger partial charge on any atom is -0.466 e. The average molecular weight is 376 g/mol. The molecular formula is C10H9ClF2INO2. The molecule has 0 saturated carbocycles. The van der Waals surface area contributed by atoms with E-state index < -0.39 is 18.0 Å². The number of esters is 1. The number of hydrogen-bond donors (Lipinski definition) is 0. The zero-order chi connectivity index (χ0) is 13.0. The molecule has 0 radical (unpaired) electrons. The van der Waals surface area contributed by atoms with Gasteiger partial charge in [0.25, 0.3) is 6.43 Å². The SMILES string of the molecule is CCOC(=O)Cc1nc(I)cc(Cl)c1C(F)F. The minimum atomic E-state index is -2.77. The highest BCUT2D eigenvalue weighted by Gasteiger charge is 2.21. The number of carbonyl (C=O) groups excluding carboxylic acids is 1. The monoisotopic (exact) mass is 375 g/mol. The fraction of sp³-hybridized carbons (Fsp3) is 0.400. The first kappa shape index (κ1) is 14.6. The Hall–Kier alpha value is -0.500. The number of hydrogen-bond acceptors (Lipinski definition) is 3. The van der Waals surface area contributed by atoms with E-state index in [9.17, 15) is 13.6 Å². The Labute approximate surface area is 116 Å². The van der Waals surface area contributed by atoms with Crippen LogP contribution in [0.25, 0.3) is 0 Å². The average Bonchev–Trinajstić information content (AvgIpc) is 2.15. The molecule has 0 fully saturated rings. The molecule has 1 rings (SSSR count). The first-order valence-corrected chi connectivity index (χ1v) is 6.20. The highest BCUT2D eigenvalue weighted by atomic mass is 127. The number of ether oxygens (including phenoxy) is 1. The van der Waals surface area contributed by atoms with Crippen LogP contribution in [0.1, 0.15) is 24.6 Å². The first-order valence-electron chi connectivity index (χ1n) is 4.74. The standard InChI is InChI=1S/C10H9ClF2INO2/c1-2-17-8(16)4-6-9(10(12)13)5(11)3-7(14)15-6/h3,10H,2,4H2,1H3. The molecule has 3 nitrogen and oxygen atoms in total. The lowest BCUT2D eigenvalue weighted by Crippen LogP contribution is -2.12. The van der Waals surface area contributed by atoms with Gasteiger partial charge < -0.3 is 4.74 Å². The van der Waals surface area contributed by atoms with Crippen molar-refractivity contribution in [3.8, 4) is 0 Å². The molecule has 1 aromatic rings. The normalized spacial score (nSPS) is 10.7. The van der Waals surface area contributed by atoms with Crippen LogP contribution in [0.5, 0.6) is 0 Å². The summed E-state index contributed by atoms with van der Waals surface area (Å²) in [5, 5.41) is -0.0845. The predicted molar refractivity (Wildman–Crippen MR) is 67.3 cm³/mol. The number of rotatable bonds is 4. The van der Waals surface area contributed by atoms with Gasteiger partial charge in [-0.3, -0.25) is 4.79 Å². The fourth-order valence-corrected chi connectivity index (χ4v) is 2.34. The van der Waals surface area contributed by atoms with Crippen molar-refractivity contribution in [3.63, 3.8) is 0 Å². The summed E-state index contributed by atoms with van der Waals surface area (Å²) in [5.41, 5.74) is -0.435. The summed E-state index contributed by atoms with van der Waals surface area (Å²) in [5.74, 6) is -0.597. The second-order valence-electron chi connectivity index (χ2n) is 3.07. The van der Waals surface area contributed by atoms with Crippen LogP contribution in [0, 0.1) is 3.70 Å². The van der Waals surface area contributed by atoms with E-state index in [-0.39, 0.29) is 23.7 Å². The van der Waals surface area contributed by atoms with Crippen molar-refractivity contribution in [1.29, 1.82) is 0 Å². The van der Waals surface area contributed by atoms with Crippen molar-refractivity contribution in [3.05, 3.63) is 26.0 Å². The maximum absolute atomic E-state index is 12.8. The zero-order valence-corrected chi connectivity index (χ0v) is 11.8. The lowest BCUT2D eigenvalue weighted by Gasteiger charge is -2.10. The van der Waals surface area contributed by atoms with Crippen LogP contribution in [0.4, 0.5) is 8.78 Å². The van der Waals surface area contributed by atoms with Gasteiger partial charge in [-0.2, -0.15) is 0 Å². The maximum atomic E-state index is 12.8. The number of halogens is 4. The lowest BCUT2D eigenvalue weighted by molar-refractivity contribution is -0.142. The molecule has 1 aromatic heterocycles. The minimum absolute atomic E-state index is 0.0321. The van der Waals surface area contributed by atoms with Gasteiger partial charge in [-0.25, -0.2) is 13.8 Å². The zero-order valence-electron chi connectivity index (χ0n) is 8.84. The Bertz CT molecular complexity index is 429.